The molecule has 0 bridgehead atoms. The summed E-state index contributed by atoms with van der Waals surface area (Å²) in [6.45, 7) is 5.40. The smallest absolute Gasteiger partial charge is 0.278 e. The van der Waals surface area contributed by atoms with Gasteiger partial charge in [-0.3, -0.25) is 4.79 Å². The van der Waals surface area contributed by atoms with E-state index in [1.165, 1.54) is 22.6 Å². The molecule has 7 heteroatoms. The minimum atomic E-state index is -0.215. The van der Waals surface area contributed by atoms with E-state index in [2.05, 4.69) is 4.90 Å². The number of hydrogen-bond acceptors (Lipinski definition) is 4. The Labute approximate surface area is 176 Å². The first-order valence-corrected chi connectivity index (χ1v) is 10.4. The van der Waals surface area contributed by atoms with Gasteiger partial charge in [-0.25, -0.2) is 4.39 Å². The topological polar surface area (TPSA) is 46.5 Å². The van der Waals surface area contributed by atoms with Gasteiger partial charge in [-0.1, -0.05) is 0 Å². The molecule has 2 heterocycles. The van der Waals surface area contributed by atoms with Gasteiger partial charge in [0.1, 0.15) is 5.82 Å². The van der Waals surface area contributed by atoms with E-state index in [0.29, 0.717) is 18.8 Å². The van der Waals surface area contributed by atoms with E-state index in [4.69, 9.17) is 9.47 Å². The van der Waals surface area contributed by atoms with Crippen molar-refractivity contribution in [1.29, 1.82) is 0 Å². The molecular formula is C23H29FN3O3+. The zero-order chi connectivity index (χ0) is 21.1. The van der Waals surface area contributed by atoms with Crippen LogP contribution in [0.25, 0.3) is 0 Å². The van der Waals surface area contributed by atoms with Gasteiger partial charge in [-0.2, -0.15) is 0 Å². The number of rotatable bonds is 5. The molecule has 0 atom stereocenters. The maximum absolute atomic E-state index is 13.1. The predicted octanol–water partition coefficient (Wildman–Crippen LogP) is 1.13. The lowest BCUT2D eigenvalue weighted by molar-refractivity contribution is -0.892. The lowest BCUT2D eigenvalue weighted by Crippen LogP contribution is -3.15. The standard InChI is InChI=1S/C23H28FN3O3/c1-29-21-13-17-7-8-27(15-18(17)14-22(21)30-2)23(28)16-25-9-11-26(12-10-25)20-5-3-19(24)4-6-20/h3-6,13-14H,7-12,15-16H2,1-2H3/p+1. The van der Waals surface area contributed by atoms with Crippen LogP contribution in [0.1, 0.15) is 11.1 Å². The number of fused-ring (bicyclic) bond motifs is 1. The molecule has 0 aromatic heterocycles. The normalized spacial score (nSPS) is 16.9. The van der Waals surface area contributed by atoms with Crippen molar-refractivity contribution < 1.29 is 23.6 Å². The summed E-state index contributed by atoms with van der Waals surface area (Å²) >= 11 is 0. The predicted molar refractivity (Wildman–Crippen MR) is 113 cm³/mol. The SMILES string of the molecule is COc1cc2c(cc1OC)CN(C(=O)C[NH+]1CCN(c3ccc(F)cc3)CC1)CC2. The molecule has 0 radical (unpaired) electrons. The van der Waals surface area contributed by atoms with Crippen molar-refractivity contribution in [3.05, 3.63) is 53.3 Å². The molecular weight excluding hydrogens is 385 g/mol. The lowest BCUT2D eigenvalue weighted by atomic mass is 9.98. The third-order valence-corrected chi connectivity index (χ3v) is 6.13. The second-order valence-electron chi connectivity index (χ2n) is 7.93. The van der Waals surface area contributed by atoms with Gasteiger partial charge in [0.2, 0.25) is 0 Å². The molecule has 4 rings (SSSR count). The molecule has 0 spiro atoms. The number of benzene rings is 2. The van der Waals surface area contributed by atoms with Gasteiger partial charge in [0.05, 0.1) is 40.4 Å². The van der Waals surface area contributed by atoms with Crippen LogP contribution in [0.2, 0.25) is 0 Å². The number of nitrogens with one attached hydrogen (secondary N) is 1. The zero-order valence-corrected chi connectivity index (χ0v) is 17.6. The molecule has 1 amide bonds. The summed E-state index contributed by atoms with van der Waals surface area (Å²) in [5, 5.41) is 0. The number of quaternary nitrogens is 1. The highest BCUT2D eigenvalue weighted by atomic mass is 19.1. The minimum Gasteiger partial charge on any atom is -0.493 e. The van der Waals surface area contributed by atoms with Crippen LogP contribution in [0.3, 0.4) is 0 Å². The maximum Gasteiger partial charge on any atom is 0.278 e. The maximum atomic E-state index is 13.1. The molecule has 2 aromatic carbocycles. The Bertz CT molecular complexity index is 895. The summed E-state index contributed by atoms with van der Waals surface area (Å²) in [6, 6.07) is 10.6. The van der Waals surface area contributed by atoms with Crippen molar-refractivity contribution in [2.75, 3.05) is 58.4 Å². The summed E-state index contributed by atoms with van der Waals surface area (Å²) in [7, 11) is 3.27. The van der Waals surface area contributed by atoms with Gasteiger partial charge in [0.25, 0.3) is 5.91 Å². The van der Waals surface area contributed by atoms with E-state index in [1.54, 1.807) is 14.2 Å². The Morgan fingerprint density at radius 3 is 2.27 bits per heavy atom. The van der Waals surface area contributed by atoms with Gasteiger partial charge in [0.15, 0.2) is 18.0 Å². The summed E-state index contributed by atoms with van der Waals surface area (Å²) in [6.07, 6.45) is 0.828. The average Bonchev–Trinajstić information content (AvgIpc) is 2.78. The first kappa shape index (κ1) is 20.5. The number of carbonyl (C=O) groups excluding carboxylic acids is 1. The quantitative estimate of drug-likeness (QED) is 0.797. The van der Waals surface area contributed by atoms with E-state index in [-0.39, 0.29) is 11.7 Å². The van der Waals surface area contributed by atoms with Crippen molar-refractivity contribution >= 4 is 11.6 Å². The monoisotopic (exact) mass is 414 g/mol. The van der Waals surface area contributed by atoms with Crippen LogP contribution in [0.4, 0.5) is 10.1 Å². The first-order chi connectivity index (χ1) is 14.6. The molecule has 2 aliphatic rings. The highest BCUT2D eigenvalue weighted by molar-refractivity contribution is 5.77. The summed E-state index contributed by atoms with van der Waals surface area (Å²) < 4.78 is 23.9. The summed E-state index contributed by atoms with van der Waals surface area (Å²) in [5.41, 5.74) is 3.39. The molecule has 1 saturated heterocycles. The third-order valence-electron chi connectivity index (χ3n) is 6.13. The molecule has 0 aliphatic carbocycles. The molecule has 1 N–H and O–H groups in total. The number of halogens is 1. The number of methoxy groups -OCH3 is 2. The minimum absolute atomic E-state index is 0.195. The van der Waals surface area contributed by atoms with Crippen LogP contribution >= 0.6 is 0 Å². The summed E-state index contributed by atoms with van der Waals surface area (Å²) in [4.78, 5) is 18.4. The number of amides is 1. The van der Waals surface area contributed by atoms with Crippen LogP contribution in [0.5, 0.6) is 11.5 Å². The molecule has 160 valence electrons. The highest BCUT2D eigenvalue weighted by Crippen LogP contribution is 2.33. The lowest BCUT2D eigenvalue weighted by Gasteiger charge is -2.35. The van der Waals surface area contributed by atoms with Crippen LogP contribution in [-0.2, 0) is 17.8 Å². The second-order valence-corrected chi connectivity index (χ2v) is 7.93. The summed E-state index contributed by atoms with van der Waals surface area (Å²) in [5.74, 6) is 1.42. The van der Waals surface area contributed by atoms with Crippen LogP contribution in [0, 0.1) is 5.82 Å². The molecule has 6 nitrogen and oxygen atoms in total. The number of hydrogen-bond donors (Lipinski definition) is 1. The molecule has 1 fully saturated rings. The molecule has 0 saturated carbocycles. The van der Waals surface area contributed by atoms with Crippen LogP contribution in [-0.4, -0.2) is 64.3 Å². The van der Waals surface area contributed by atoms with E-state index < -0.39 is 0 Å². The number of anilines is 1. The van der Waals surface area contributed by atoms with Gasteiger partial charge in [-0.05, 0) is 53.9 Å². The number of carbonyl (C=O) groups is 1. The van der Waals surface area contributed by atoms with Crippen molar-refractivity contribution in [1.82, 2.24) is 4.90 Å². The third kappa shape index (κ3) is 4.36. The molecule has 2 aliphatic heterocycles. The van der Waals surface area contributed by atoms with E-state index in [1.807, 2.05) is 29.2 Å². The Hall–Kier alpha value is -2.80. The molecule has 2 aromatic rings. The number of ether oxygens (including phenoxy) is 2. The fraction of sp³-hybridized carbons (Fsp3) is 0.435. The van der Waals surface area contributed by atoms with Gasteiger partial charge in [-0.15, -0.1) is 0 Å². The fourth-order valence-corrected chi connectivity index (χ4v) is 4.33. The fourth-order valence-electron chi connectivity index (χ4n) is 4.33. The Morgan fingerprint density at radius 1 is 1.00 bits per heavy atom. The molecule has 0 unspecified atom stereocenters. The van der Waals surface area contributed by atoms with Crippen LogP contribution in [0.15, 0.2) is 36.4 Å². The Balaban J connectivity index is 1.32. The number of nitrogens with zero attached hydrogens (tertiary/aromatic N) is 2. The number of piperazine rings is 1. The Kier molecular flexibility index (Phi) is 6.08. The van der Waals surface area contributed by atoms with E-state index in [9.17, 15) is 9.18 Å². The van der Waals surface area contributed by atoms with E-state index >= 15 is 0 Å². The van der Waals surface area contributed by atoms with E-state index in [0.717, 1.165) is 56.1 Å². The van der Waals surface area contributed by atoms with Crippen molar-refractivity contribution in [3.8, 4) is 11.5 Å². The molecule has 30 heavy (non-hydrogen) atoms. The Morgan fingerprint density at radius 2 is 1.63 bits per heavy atom. The highest BCUT2D eigenvalue weighted by Gasteiger charge is 2.27. The zero-order valence-electron chi connectivity index (χ0n) is 17.6. The van der Waals surface area contributed by atoms with Crippen molar-refractivity contribution in [3.63, 3.8) is 0 Å². The largest absolute Gasteiger partial charge is 0.493 e. The van der Waals surface area contributed by atoms with Crippen LogP contribution < -0.4 is 19.3 Å². The van der Waals surface area contributed by atoms with Gasteiger partial charge >= 0.3 is 0 Å². The van der Waals surface area contributed by atoms with Crippen molar-refractivity contribution in [2.24, 2.45) is 0 Å². The van der Waals surface area contributed by atoms with Crippen molar-refractivity contribution in [2.45, 2.75) is 13.0 Å². The van der Waals surface area contributed by atoms with Gasteiger partial charge < -0.3 is 24.2 Å². The average molecular weight is 415 g/mol. The first-order valence-electron chi connectivity index (χ1n) is 10.4. The second kappa shape index (κ2) is 8.92. The van der Waals surface area contributed by atoms with Gasteiger partial charge in [0, 0.05) is 18.8 Å².